The zero-order valence-corrected chi connectivity index (χ0v) is 23.0. The second-order valence-corrected chi connectivity index (χ2v) is 21.6. The third-order valence-electron chi connectivity index (χ3n) is 8.36. The summed E-state index contributed by atoms with van der Waals surface area (Å²) in [5.74, 6) is 1.37. The lowest BCUT2D eigenvalue weighted by Crippen LogP contribution is -2.50. The highest BCUT2D eigenvalue weighted by Gasteiger charge is 2.48. The minimum atomic E-state index is -2.29. The number of anilines is 1. The maximum atomic E-state index is 11.0. The lowest BCUT2D eigenvalue weighted by Gasteiger charge is -2.49. The molecule has 6 heteroatoms. The second kappa shape index (κ2) is 8.68. The zero-order valence-electron chi connectivity index (χ0n) is 21.0. The first-order valence-electron chi connectivity index (χ1n) is 11.6. The molecular formula is C24H46N2O2Si2. The maximum absolute atomic E-state index is 11.0. The summed E-state index contributed by atoms with van der Waals surface area (Å²) in [5, 5.41) is 0.118. The van der Waals surface area contributed by atoms with Crippen molar-refractivity contribution in [2.24, 2.45) is 11.8 Å². The van der Waals surface area contributed by atoms with Crippen LogP contribution in [0.2, 0.25) is 36.3 Å². The highest BCUT2D eigenvalue weighted by atomic mass is 28.4. The molecule has 0 bridgehead atoms. The molecule has 0 radical (unpaired) electrons. The summed E-state index contributed by atoms with van der Waals surface area (Å²) in [6.45, 7) is 22.7. The van der Waals surface area contributed by atoms with Gasteiger partial charge in [0.2, 0.25) is 0 Å². The number of hydrogen-bond acceptors (Lipinski definition) is 4. The molecule has 1 aliphatic carbocycles. The van der Waals surface area contributed by atoms with Crippen LogP contribution in [0.1, 0.15) is 72.3 Å². The van der Waals surface area contributed by atoms with Crippen molar-refractivity contribution in [3.05, 3.63) is 24.0 Å². The number of rotatable bonds is 6. The molecule has 172 valence electrons. The first-order chi connectivity index (χ1) is 13.5. The minimum absolute atomic E-state index is 0.0521. The topological polar surface area (TPSA) is 68.4 Å². The molecule has 30 heavy (non-hydrogen) atoms. The van der Waals surface area contributed by atoms with Crippen LogP contribution in [0, 0.1) is 11.8 Å². The fourth-order valence-corrected chi connectivity index (χ4v) is 6.56. The summed E-state index contributed by atoms with van der Waals surface area (Å²) in [6, 6.07) is 2.09. The van der Waals surface area contributed by atoms with Gasteiger partial charge < -0.3 is 15.0 Å². The smallest absolute Gasteiger partial charge is 0.192 e. The van der Waals surface area contributed by atoms with Gasteiger partial charge in [-0.25, -0.2) is 0 Å². The maximum Gasteiger partial charge on any atom is 0.192 e. The van der Waals surface area contributed by atoms with Crippen molar-refractivity contribution in [1.82, 2.24) is 4.98 Å². The number of pyridine rings is 1. The summed E-state index contributed by atoms with van der Waals surface area (Å²) in [5.41, 5.74) is 8.32. The van der Waals surface area contributed by atoms with E-state index in [2.05, 4.69) is 78.8 Å². The minimum Gasteiger partial charge on any atom is -0.432 e. The fraction of sp³-hybridized carbons (Fsp3) is 0.792. The van der Waals surface area contributed by atoms with Crippen LogP contribution in [0.5, 0.6) is 0 Å². The van der Waals surface area contributed by atoms with E-state index < -0.39 is 16.6 Å². The van der Waals surface area contributed by atoms with Crippen molar-refractivity contribution in [3.8, 4) is 0 Å². The number of aromatic nitrogens is 1. The van der Waals surface area contributed by atoms with Gasteiger partial charge in [0.15, 0.2) is 16.6 Å². The molecule has 0 unspecified atom stereocenters. The van der Waals surface area contributed by atoms with Crippen LogP contribution in [0.25, 0.3) is 0 Å². The number of nitrogen functional groups attached to an aromatic ring is 1. The van der Waals surface area contributed by atoms with Crippen LogP contribution in [0.4, 0.5) is 5.69 Å². The van der Waals surface area contributed by atoms with E-state index in [0.29, 0.717) is 17.8 Å². The van der Waals surface area contributed by atoms with E-state index in [4.69, 9.17) is 10.2 Å². The van der Waals surface area contributed by atoms with Crippen molar-refractivity contribution < 1.29 is 9.22 Å². The normalized spacial score (nSPS) is 26.6. The number of nitrogens with two attached hydrogens (primary N) is 1. The molecule has 0 spiro atoms. The Bertz CT molecular complexity index is 723. The molecule has 1 saturated carbocycles. The second-order valence-electron chi connectivity index (χ2n) is 12.4. The van der Waals surface area contributed by atoms with Crippen molar-refractivity contribution in [3.63, 3.8) is 0 Å². The van der Waals surface area contributed by atoms with Gasteiger partial charge in [-0.15, -0.1) is 0 Å². The SMILES string of the molecule is C[C@@H]1C[C@@H](c2ccncc2N)C[C@@H](O[Si](C)(C)C(C)(C)C)[C@H]1CC(C)(C)[Si](C)(C)O. The molecule has 0 aliphatic heterocycles. The Kier molecular flexibility index (Phi) is 7.40. The summed E-state index contributed by atoms with van der Waals surface area (Å²) in [7, 11) is -4.21. The summed E-state index contributed by atoms with van der Waals surface area (Å²) < 4.78 is 7.09. The van der Waals surface area contributed by atoms with E-state index in [1.54, 1.807) is 6.20 Å². The van der Waals surface area contributed by atoms with Gasteiger partial charge in [0.25, 0.3) is 0 Å². The molecule has 0 saturated heterocycles. The molecule has 1 aromatic rings. The van der Waals surface area contributed by atoms with Gasteiger partial charge in [0.1, 0.15) is 0 Å². The Hall–Kier alpha value is -0.696. The van der Waals surface area contributed by atoms with E-state index >= 15 is 0 Å². The van der Waals surface area contributed by atoms with Gasteiger partial charge in [-0.1, -0.05) is 41.5 Å². The molecule has 1 fully saturated rings. The van der Waals surface area contributed by atoms with Gasteiger partial charge in [-0.3, -0.25) is 4.98 Å². The average molecular weight is 451 g/mol. The Morgan fingerprint density at radius 1 is 1.13 bits per heavy atom. The Labute approximate surface area is 187 Å². The van der Waals surface area contributed by atoms with Crippen LogP contribution in [-0.2, 0) is 4.43 Å². The van der Waals surface area contributed by atoms with Gasteiger partial charge in [-0.05, 0) is 84.9 Å². The molecule has 1 aromatic heterocycles. The van der Waals surface area contributed by atoms with E-state index in [1.807, 2.05) is 6.20 Å². The van der Waals surface area contributed by atoms with Crippen LogP contribution in [0.3, 0.4) is 0 Å². The average Bonchev–Trinajstić information content (AvgIpc) is 2.55. The fourth-order valence-electron chi connectivity index (χ4n) is 4.45. The third kappa shape index (κ3) is 5.56. The van der Waals surface area contributed by atoms with E-state index in [1.165, 1.54) is 5.56 Å². The van der Waals surface area contributed by atoms with Gasteiger partial charge >= 0.3 is 0 Å². The van der Waals surface area contributed by atoms with Crippen molar-refractivity contribution in [2.45, 2.75) is 109 Å². The van der Waals surface area contributed by atoms with E-state index in [-0.39, 0.29) is 16.2 Å². The monoisotopic (exact) mass is 450 g/mol. The zero-order chi connectivity index (χ0) is 23.1. The molecule has 4 nitrogen and oxygen atoms in total. The quantitative estimate of drug-likeness (QED) is 0.482. The first-order valence-corrected chi connectivity index (χ1v) is 17.4. The largest absolute Gasteiger partial charge is 0.432 e. The van der Waals surface area contributed by atoms with Gasteiger partial charge in [-0.2, -0.15) is 0 Å². The molecular weight excluding hydrogens is 404 g/mol. The predicted molar refractivity (Wildman–Crippen MR) is 134 cm³/mol. The molecule has 0 amide bonds. The molecule has 1 heterocycles. The highest BCUT2D eigenvalue weighted by molar-refractivity contribution is 6.74. The predicted octanol–water partition coefficient (Wildman–Crippen LogP) is 6.55. The Morgan fingerprint density at radius 3 is 2.23 bits per heavy atom. The van der Waals surface area contributed by atoms with Crippen LogP contribution < -0.4 is 5.73 Å². The van der Waals surface area contributed by atoms with Crippen LogP contribution >= 0.6 is 0 Å². The first kappa shape index (κ1) is 25.6. The highest BCUT2D eigenvalue weighted by Crippen LogP contribution is 2.52. The standard InChI is InChI=1S/C24H46N2O2Si2/c1-17-13-18(19-11-12-26-16-21(19)25)14-22(28-30(9,10)23(2,3)4)20(17)15-24(5,6)29(7,8)27/h11-12,16-18,20,22,27H,13-15,25H2,1-10H3/t17-,18-,20+,22-/m1/s1. The van der Waals surface area contributed by atoms with Crippen LogP contribution in [0.15, 0.2) is 18.5 Å². The van der Waals surface area contributed by atoms with Gasteiger partial charge in [0.05, 0.1) is 11.9 Å². The molecule has 0 aromatic carbocycles. The van der Waals surface area contributed by atoms with E-state index in [0.717, 1.165) is 24.9 Å². The Morgan fingerprint density at radius 2 is 1.73 bits per heavy atom. The van der Waals surface area contributed by atoms with Crippen molar-refractivity contribution in [1.29, 1.82) is 0 Å². The summed E-state index contributed by atoms with van der Waals surface area (Å²) in [4.78, 5) is 15.1. The summed E-state index contributed by atoms with van der Waals surface area (Å²) >= 11 is 0. The number of hydrogen-bond donors (Lipinski definition) is 2. The molecule has 3 N–H and O–H groups in total. The number of nitrogens with zero attached hydrogens (tertiary/aromatic N) is 1. The summed E-state index contributed by atoms with van der Waals surface area (Å²) in [6.07, 6.45) is 6.96. The van der Waals surface area contributed by atoms with Crippen molar-refractivity contribution in [2.75, 3.05) is 5.73 Å². The lowest BCUT2D eigenvalue weighted by molar-refractivity contribution is 0.0263. The molecule has 2 rings (SSSR count). The molecule has 4 atom stereocenters. The Balaban J connectivity index is 2.39. The van der Waals surface area contributed by atoms with Crippen LogP contribution in [-0.4, -0.2) is 32.5 Å². The van der Waals surface area contributed by atoms with Gasteiger partial charge in [0, 0.05) is 12.3 Å². The van der Waals surface area contributed by atoms with E-state index in [9.17, 15) is 4.80 Å². The lowest BCUT2D eigenvalue weighted by atomic mass is 9.68. The third-order valence-corrected chi connectivity index (χ3v) is 16.4. The molecule has 1 aliphatic rings. The van der Waals surface area contributed by atoms with Crippen molar-refractivity contribution >= 4 is 22.3 Å².